The van der Waals surface area contributed by atoms with Gasteiger partial charge in [0.15, 0.2) is 5.76 Å². The second-order valence-electron chi connectivity index (χ2n) is 7.99. The minimum Gasteiger partial charge on any atom is -0.463 e. The number of furan rings is 1. The lowest BCUT2D eigenvalue weighted by atomic mass is 10.1. The van der Waals surface area contributed by atoms with E-state index in [2.05, 4.69) is 76.6 Å². The first-order chi connectivity index (χ1) is 16.8. The Bertz CT molecular complexity index is 1560. The van der Waals surface area contributed by atoms with Crippen LogP contribution in [-0.2, 0) is 0 Å². The Balaban J connectivity index is 1.53. The highest BCUT2D eigenvalue weighted by Gasteiger charge is 2.16. The predicted molar refractivity (Wildman–Crippen MR) is 137 cm³/mol. The summed E-state index contributed by atoms with van der Waals surface area (Å²) in [6, 6.07) is 39.0. The second kappa shape index (κ2) is 8.68. The topological polar surface area (TPSA) is 42.2 Å². The van der Waals surface area contributed by atoms with Crippen LogP contribution in [0.15, 0.2) is 132 Å². The van der Waals surface area contributed by atoms with Gasteiger partial charge in [0.25, 0.3) is 0 Å². The SMILES string of the molecule is c1ccc(-c2cccc(N(c3ccc4ccccc4c3)c3cccc(-c4ccco4)n3)c2)nc1. The first-order valence-electron chi connectivity index (χ1n) is 11.2. The molecule has 4 nitrogen and oxygen atoms in total. The maximum atomic E-state index is 5.61. The van der Waals surface area contributed by atoms with Gasteiger partial charge in [0, 0.05) is 23.1 Å². The Morgan fingerprint density at radius 2 is 1.41 bits per heavy atom. The minimum atomic E-state index is 0.738. The van der Waals surface area contributed by atoms with E-state index in [4.69, 9.17) is 9.40 Å². The molecule has 0 amide bonds. The lowest BCUT2D eigenvalue weighted by Crippen LogP contribution is -2.12. The van der Waals surface area contributed by atoms with Gasteiger partial charge in [-0.3, -0.25) is 9.88 Å². The van der Waals surface area contributed by atoms with Crippen molar-refractivity contribution < 1.29 is 4.42 Å². The van der Waals surface area contributed by atoms with Crippen molar-refractivity contribution in [1.29, 1.82) is 0 Å². The van der Waals surface area contributed by atoms with E-state index in [1.54, 1.807) is 6.26 Å². The van der Waals surface area contributed by atoms with Crippen LogP contribution in [0.5, 0.6) is 0 Å². The van der Waals surface area contributed by atoms with Crippen molar-refractivity contribution in [3.05, 3.63) is 128 Å². The molecule has 0 saturated heterocycles. The average Bonchev–Trinajstić information content (AvgIpc) is 3.45. The summed E-state index contributed by atoms with van der Waals surface area (Å²) in [5, 5.41) is 2.37. The number of anilines is 3. The molecule has 0 saturated carbocycles. The molecule has 0 atom stereocenters. The Labute approximate surface area is 197 Å². The van der Waals surface area contributed by atoms with Crippen molar-refractivity contribution in [2.75, 3.05) is 4.90 Å². The molecule has 0 aliphatic heterocycles. The Kier molecular flexibility index (Phi) is 5.09. The van der Waals surface area contributed by atoms with E-state index in [0.29, 0.717) is 0 Å². The van der Waals surface area contributed by atoms with Gasteiger partial charge in [-0.15, -0.1) is 0 Å². The summed E-state index contributed by atoms with van der Waals surface area (Å²) in [5.74, 6) is 1.55. The van der Waals surface area contributed by atoms with Crippen LogP contribution in [0, 0.1) is 0 Å². The van der Waals surface area contributed by atoms with Crippen LogP contribution in [0.4, 0.5) is 17.2 Å². The molecule has 6 rings (SSSR count). The number of hydrogen-bond acceptors (Lipinski definition) is 4. The fourth-order valence-electron chi connectivity index (χ4n) is 4.18. The molecule has 162 valence electrons. The molecule has 3 heterocycles. The smallest absolute Gasteiger partial charge is 0.152 e. The van der Waals surface area contributed by atoms with Gasteiger partial charge in [-0.25, -0.2) is 4.98 Å². The zero-order valence-corrected chi connectivity index (χ0v) is 18.4. The number of pyridine rings is 2. The summed E-state index contributed by atoms with van der Waals surface area (Å²) in [6.07, 6.45) is 3.48. The largest absolute Gasteiger partial charge is 0.463 e. The standard InChI is InChI=1S/C30H21N3O/c1-2-9-23-20-26(17-16-22(23)8-1)33(30-15-6-13-28(32-30)29-14-7-19-34-29)25-11-5-10-24(21-25)27-12-3-4-18-31-27/h1-21H. The lowest BCUT2D eigenvalue weighted by Gasteiger charge is -2.25. The quantitative estimate of drug-likeness (QED) is 0.273. The van der Waals surface area contributed by atoms with Crippen molar-refractivity contribution in [2.24, 2.45) is 0 Å². The van der Waals surface area contributed by atoms with E-state index in [1.807, 2.05) is 54.7 Å². The molecule has 0 aliphatic rings. The van der Waals surface area contributed by atoms with E-state index in [9.17, 15) is 0 Å². The van der Waals surface area contributed by atoms with Crippen molar-refractivity contribution in [1.82, 2.24) is 9.97 Å². The van der Waals surface area contributed by atoms with Crippen molar-refractivity contribution >= 4 is 28.0 Å². The van der Waals surface area contributed by atoms with Gasteiger partial charge < -0.3 is 4.42 Å². The molecule has 34 heavy (non-hydrogen) atoms. The molecule has 4 heteroatoms. The highest BCUT2D eigenvalue weighted by molar-refractivity contribution is 5.89. The Morgan fingerprint density at radius 1 is 0.588 bits per heavy atom. The number of hydrogen-bond donors (Lipinski definition) is 0. The molecule has 6 aromatic rings. The lowest BCUT2D eigenvalue weighted by molar-refractivity contribution is 0.580. The van der Waals surface area contributed by atoms with Gasteiger partial charge in [0.2, 0.25) is 0 Å². The van der Waals surface area contributed by atoms with E-state index < -0.39 is 0 Å². The van der Waals surface area contributed by atoms with Crippen LogP contribution in [-0.4, -0.2) is 9.97 Å². The van der Waals surface area contributed by atoms with Crippen LogP contribution in [0.25, 0.3) is 33.5 Å². The summed E-state index contributed by atoms with van der Waals surface area (Å²) in [4.78, 5) is 11.7. The maximum absolute atomic E-state index is 5.61. The normalized spacial score (nSPS) is 10.9. The predicted octanol–water partition coefficient (Wildman–Crippen LogP) is 8.03. The number of rotatable bonds is 5. The van der Waals surface area contributed by atoms with Gasteiger partial charge in [0.1, 0.15) is 11.5 Å². The van der Waals surface area contributed by atoms with Gasteiger partial charge in [-0.05, 0) is 71.4 Å². The summed E-state index contributed by atoms with van der Waals surface area (Å²) in [5.41, 5.74) is 4.80. The summed E-state index contributed by atoms with van der Waals surface area (Å²) >= 11 is 0. The van der Waals surface area contributed by atoms with Crippen LogP contribution in [0.1, 0.15) is 0 Å². The third kappa shape index (κ3) is 3.82. The van der Waals surface area contributed by atoms with E-state index in [-0.39, 0.29) is 0 Å². The Hall–Kier alpha value is -4.70. The summed E-state index contributed by atoms with van der Waals surface area (Å²) < 4.78 is 5.61. The van der Waals surface area contributed by atoms with Crippen molar-refractivity contribution in [3.63, 3.8) is 0 Å². The molecule has 0 radical (unpaired) electrons. The van der Waals surface area contributed by atoms with E-state index >= 15 is 0 Å². The zero-order valence-electron chi connectivity index (χ0n) is 18.4. The molecule has 0 N–H and O–H groups in total. The van der Waals surface area contributed by atoms with Crippen molar-refractivity contribution in [3.8, 4) is 22.7 Å². The highest BCUT2D eigenvalue weighted by atomic mass is 16.3. The van der Waals surface area contributed by atoms with Crippen LogP contribution in [0.2, 0.25) is 0 Å². The number of fused-ring (bicyclic) bond motifs is 1. The molecule has 0 spiro atoms. The van der Waals surface area contributed by atoms with Crippen LogP contribution in [0.3, 0.4) is 0 Å². The number of benzene rings is 3. The van der Waals surface area contributed by atoms with Crippen LogP contribution >= 0.6 is 0 Å². The molecular formula is C30H21N3O. The molecule has 3 aromatic carbocycles. The molecule has 3 aromatic heterocycles. The second-order valence-corrected chi connectivity index (χ2v) is 7.99. The number of nitrogens with zero attached hydrogens (tertiary/aromatic N) is 3. The molecular weight excluding hydrogens is 418 g/mol. The molecule has 0 aliphatic carbocycles. The Morgan fingerprint density at radius 3 is 2.26 bits per heavy atom. The fraction of sp³-hybridized carbons (Fsp3) is 0. The third-order valence-corrected chi connectivity index (χ3v) is 5.79. The van der Waals surface area contributed by atoms with E-state index in [1.165, 1.54) is 10.8 Å². The van der Waals surface area contributed by atoms with E-state index in [0.717, 1.165) is 39.9 Å². The van der Waals surface area contributed by atoms with Gasteiger partial charge in [-0.1, -0.05) is 54.6 Å². The molecule has 0 unspecified atom stereocenters. The van der Waals surface area contributed by atoms with Gasteiger partial charge in [0.05, 0.1) is 12.0 Å². The van der Waals surface area contributed by atoms with Crippen LogP contribution < -0.4 is 4.90 Å². The monoisotopic (exact) mass is 439 g/mol. The van der Waals surface area contributed by atoms with Gasteiger partial charge >= 0.3 is 0 Å². The first kappa shape index (κ1) is 19.9. The average molecular weight is 440 g/mol. The first-order valence-corrected chi connectivity index (χ1v) is 11.2. The zero-order chi connectivity index (χ0) is 22.7. The maximum Gasteiger partial charge on any atom is 0.152 e. The minimum absolute atomic E-state index is 0.738. The van der Waals surface area contributed by atoms with Crippen molar-refractivity contribution in [2.45, 2.75) is 0 Å². The third-order valence-electron chi connectivity index (χ3n) is 5.79. The summed E-state index contributed by atoms with van der Waals surface area (Å²) in [7, 11) is 0. The number of aromatic nitrogens is 2. The molecule has 0 bridgehead atoms. The highest BCUT2D eigenvalue weighted by Crippen LogP contribution is 2.37. The fourth-order valence-corrected chi connectivity index (χ4v) is 4.18. The summed E-state index contributed by atoms with van der Waals surface area (Å²) in [6.45, 7) is 0. The molecule has 0 fully saturated rings. The van der Waals surface area contributed by atoms with Gasteiger partial charge in [-0.2, -0.15) is 0 Å².